The van der Waals surface area contributed by atoms with Gasteiger partial charge in [0.25, 0.3) is 5.69 Å². The third-order valence-electron chi connectivity index (χ3n) is 5.51. The quantitative estimate of drug-likeness (QED) is 0.397. The SMILES string of the molecule is CC[NH+]1CC[NH+]([C@@H](c2ccc([N+](=O)[O-])cc2)c2sc3nc(C)nn3c2O)CC1. The van der Waals surface area contributed by atoms with Crippen LogP contribution in [-0.4, -0.2) is 57.4 Å². The van der Waals surface area contributed by atoms with Gasteiger partial charge in [0.15, 0.2) is 6.04 Å². The molecule has 0 aliphatic carbocycles. The van der Waals surface area contributed by atoms with Crippen molar-refractivity contribution in [1.29, 1.82) is 0 Å². The van der Waals surface area contributed by atoms with Crippen molar-refractivity contribution in [1.82, 2.24) is 14.6 Å². The molecule has 0 unspecified atom stereocenters. The summed E-state index contributed by atoms with van der Waals surface area (Å²) in [4.78, 5) is 19.4. The number of thiazole rings is 1. The van der Waals surface area contributed by atoms with Crippen molar-refractivity contribution in [2.45, 2.75) is 19.9 Å². The number of nitro benzene ring substituents is 1. The average Bonchev–Trinajstić information content (AvgIpc) is 3.20. The van der Waals surface area contributed by atoms with E-state index in [-0.39, 0.29) is 17.6 Å². The summed E-state index contributed by atoms with van der Waals surface area (Å²) in [6.45, 7) is 9.17. The fourth-order valence-corrected chi connectivity index (χ4v) is 5.15. The number of aryl methyl sites for hydroxylation is 1. The third-order valence-corrected chi connectivity index (χ3v) is 6.60. The first kappa shape index (κ1) is 18.8. The Bertz CT molecular complexity index is 991. The Morgan fingerprint density at radius 2 is 1.96 bits per heavy atom. The van der Waals surface area contributed by atoms with Crippen molar-refractivity contribution in [2.75, 3.05) is 32.7 Å². The van der Waals surface area contributed by atoms with Gasteiger partial charge in [-0.1, -0.05) is 11.3 Å². The van der Waals surface area contributed by atoms with Crippen molar-refractivity contribution in [2.24, 2.45) is 0 Å². The number of aromatic nitrogens is 3. The Balaban J connectivity index is 1.75. The number of nitrogens with one attached hydrogen (secondary N) is 2. The van der Waals surface area contributed by atoms with E-state index in [1.807, 2.05) is 0 Å². The zero-order valence-corrected chi connectivity index (χ0v) is 16.7. The number of likely N-dealkylation sites (N-methyl/N-ethyl adjacent to an activating group) is 1. The predicted octanol–water partition coefficient (Wildman–Crippen LogP) is -0.394. The van der Waals surface area contributed by atoms with Gasteiger partial charge < -0.3 is 14.9 Å². The van der Waals surface area contributed by atoms with Crippen LogP contribution < -0.4 is 9.80 Å². The van der Waals surface area contributed by atoms with Gasteiger partial charge in [-0.3, -0.25) is 10.1 Å². The van der Waals surface area contributed by atoms with Crippen LogP contribution in [0, 0.1) is 17.0 Å². The first-order chi connectivity index (χ1) is 13.5. The maximum absolute atomic E-state index is 11.0. The smallest absolute Gasteiger partial charge is 0.269 e. The Morgan fingerprint density at radius 1 is 1.29 bits per heavy atom. The maximum Gasteiger partial charge on any atom is 0.269 e. The molecule has 0 bridgehead atoms. The molecule has 1 atom stereocenters. The molecule has 9 nitrogen and oxygen atoms in total. The summed E-state index contributed by atoms with van der Waals surface area (Å²) in [6, 6.07) is 6.57. The minimum Gasteiger partial charge on any atom is -0.492 e. The second-order valence-electron chi connectivity index (χ2n) is 7.19. The van der Waals surface area contributed by atoms with E-state index < -0.39 is 4.92 Å². The van der Waals surface area contributed by atoms with Crippen molar-refractivity contribution in [3.05, 3.63) is 50.6 Å². The van der Waals surface area contributed by atoms with Crippen LogP contribution in [0.15, 0.2) is 24.3 Å². The van der Waals surface area contributed by atoms with Crippen LogP contribution in [0.2, 0.25) is 0 Å². The lowest BCUT2D eigenvalue weighted by atomic mass is 10.0. The Hall–Kier alpha value is -2.56. The molecule has 148 valence electrons. The van der Waals surface area contributed by atoms with Crippen LogP contribution in [0.25, 0.3) is 4.96 Å². The van der Waals surface area contributed by atoms with E-state index in [0.717, 1.165) is 43.2 Å². The van der Waals surface area contributed by atoms with Gasteiger partial charge in [0.1, 0.15) is 36.9 Å². The number of benzene rings is 1. The molecule has 1 aliphatic heterocycles. The van der Waals surface area contributed by atoms with Crippen molar-refractivity contribution in [3.8, 4) is 5.88 Å². The predicted molar refractivity (Wildman–Crippen MR) is 104 cm³/mol. The second-order valence-corrected chi connectivity index (χ2v) is 8.20. The highest BCUT2D eigenvalue weighted by Crippen LogP contribution is 2.35. The molecule has 3 N–H and O–H groups in total. The number of rotatable bonds is 5. The molecule has 0 amide bonds. The van der Waals surface area contributed by atoms with Gasteiger partial charge in [0.2, 0.25) is 10.8 Å². The molecule has 3 aromatic rings. The van der Waals surface area contributed by atoms with Gasteiger partial charge in [-0.2, -0.15) is 4.52 Å². The minimum absolute atomic E-state index is 0.0697. The van der Waals surface area contributed by atoms with Crippen LogP contribution in [-0.2, 0) is 0 Å². The average molecular weight is 404 g/mol. The summed E-state index contributed by atoms with van der Waals surface area (Å²) in [7, 11) is 0. The van der Waals surface area contributed by atoms with Gasteiger partial charge in [-0.25, -0.2) is 4.98 Å². The Labute approximate surface area is 166 Å². The lowest BCUT2D eigenvalue weighted by Gasteiger charge is -2.34. The standard InChI is InChI=1S/C18H22N6O3S/c1-3-21-8-10-22(11-9-21)15(13-4-6-14(7-5-13)24(26)27)16-17(25)23-18(28-16)19-12(2)20-23/h4-7,15,25H,3,8-11H2,1-2H3/p+2/t15-/m0/s1. The fourth-order valence-electron chi connectivity index (χ4n) is 3.96. The van der Waals surface area contributed by atoms with Gasteiger partial charge in [0.05, 0.1) is 11.5 Å². The number of non-ortho nitro benzene ring substituents is 1. The number of quaternary nitrogens is 2. The lowest BCUT2D eigenvalue weighted by molar-refractivity contribution is -1.02. The van der Waals surface area contributed by atoms with E-state index in [2.05, 4.69) is 17.0 Å². The molecule has 2 aromatic heterocycles. The highest BCUT2D eigenvalue weighted by molar-refractivity contribution is 7.17. The highest BCUT2D eigenvalue weighted by atomic mass is 32.1. The number of aromatic hydroxyl groups is 1. The van der Waals surface area contributed by atoms with Crippen LogP contribution in [0.5, 0.6) is 5.88 Å². The van der Waals surface area contributed by atoms with Gasteiger partial charge in [-0.05, 0) is 26.0 Å². The maximum atomic E-state index is 11.0. The van der Waals surface area contributed by atoms with Crippen LogP contribution in [0.3, 0.4) is 0 Å². The number of nitro groups is 1. The van der Waals surface area contributed by atoms with Crippen LogP contribution >= 0.6 is 11.3 Å². The Kier molecular flexibility index (Phi) is 5.00. The van der Waals surface area contributed by atoms with Crippen molar-refractivity contribution < 1.29 is 19.8 Å². The highest BCUT2D eigenvalue weighted by Gasteiger charge is 2.36. The topological polar surface area (TPSA) is 102 Å². The molecular weight excluding hydrogens is 380 g/mol. The van der Waals surface area contributed by atoms with Crippen molar-refractivity contribution >= 4 is 22.0 Å². The molecule has 1 saturated heterocycles. The summed E-state index contributed by atoms with van der Waals surface area (Å²) in [5, 5.41) is 26.2. The Morgan fingerprint density at radius 3 is 2.54 bits per heavy atom. The van der Waals surface area contributed by atoms with Crippen LogP contribution in [0.4, 0.5) is 5.69 Å². The molecule has 28 heavy (non-hydrogen) atoms. The van der Waals surface area contributed by atoms with E-state index in [1.54, 1.807) is 24.0 Å². The monoisotopic (exact) mass is 404 g/mol. The number of nitrogens with zero attached hydrogens (tertiary/aromatic N) is 4. The van der Waals surface area contributed by atoms with Crippen molar-refractivity contribution in [3.63, 3.8) is 0 Å². The molecule has 4 rings (SSSR count). The molecule has 3 heterocycles. The summed E-state index contributed by atoms with van der Waals surface area (Å²) >= 11 is 1.44. The van der Waals surface area contributed by atoms with Gasteiger partial charge in [-0.15, -0.1) is 5.10 Å². The van der Waals surface area contributed by atoms with E-state index in [9.17, 15) is 15.2 Å². The molecule has 10 heteroatoms. The zero-order valence-electron chi connectivity index (χ0n) is 15.9. The van der Waals surface area contributed by atoms with E-state index in [4.69, 9.17) is 0 Å². The van der Waals surface area contributed by atoms with E-state index in [0.29, 0.717) is 10.8 Å². The first-order valence-corrected chi connectivity index (χ1v) is 10.3. The molecule has 0 radical (unpaired) electrons. The minimum atomic E-state index is -0.390. The molecular formula is C18H24N6O3S+2. The second kappa shape index (κ2) is 7.46. The largest absolute Gasteiger partial charge is 0.492 e. The molecule has 0 spiro atoms. The number of fused-ring (bicyclic) bond motifs is 1. The fraction of sp³-hybridized carbons (Fsp3) is 0.444. The third kappa shape index (κ3) is 3.34. The molecule has 1 fully saturated rings. The lowest BCUT2D eigenvalue weighted by Crippen LogP contribution is -3.28. The molecule has 1 aliphatic rings. The normalized spacial score (nSPS) is 21.1. The van der Waals surface area contributed by atoms with Gasteiger partial charge in [0, 0.05) is 17.7 Å². The molecule has 1 aromatic carbocycles. The number of hydrogen-bond donors (Lipinski definition) is 3. The van der Waals surface area contributed by atoms with E-state index in [1.165, 1.54) is 32.9 Å². The number of hydrogen-bond acceptors (Lipinski definition) is 6. The van der Waals surface area contributed by atoms with Crippen LogP contribution in [0.1, 0.15) is 29.2 Å². The summed E-state index contributed by atoms with van der Waals surface area (Å²) in [5.41, 5.74) is 1.03. The summed E-state index contributed by atoms with van der Waals surface area (Å²) in [6.07, 6.45) is 0. The van der Waals surface area contributed by atoms with Gasteiger partial charge >= 0.3 is 0 Å². The zero-order chi connectivity index (χ0) is 19.8. The summed E-state index contributed by atoms with van der Waals surface area (Å²) in [5.74, 6) is 0.731. The first-order valence-electron chi connectivity index (χ1n) is 9.45. The van der Waals surface area contributed by atoms with E-state index >= 15 is 0 Å². The summed E-state index contributed by atoms with van der Waals surface area (Å²) < 4.78 is 1.49. The molecule has 0 saturated carbocycles. The number of piperazine rings is 1.